The molecule has 1 aromatic carbocycles. The zero-order valence-electron chi connectivity index (χ0n) is 13.2. The molecule has 2 unspecified atom stereocenters. The summed E-state index contributed by atoms with van der Waals surface area (Å²) in [5, 5.41) is 3.58. The second-order valence-electron chi connectivity index (χ2n) is 6.61. The molecule has 2 nitrogen and oxygen atoms in total. The summed E-state index contributed by atoms with van der Waals surface area (Å²) in [5.74, 6) is -0.304. The van der Waals surface area contributed by atoms with Gasteiger partial charge >= 0.3 is 0 Å². The molecule has 0 aliphatic carbocycles. The predicted molar refractivity (Wildman–Crippen MR) is 82.3 cm³/mol. The number of halogens is 2. The second-order valence-corrected chi connectivity index (χ2v) is 6.61. The fourth-order valence-electron chi connectivity index (χ4n) is 3.06. The fraction of sp³-hybridized carbons (Fsp3) is 0.647. The van der Waals surface area contributed by atoms with Gasteiger partial charge in [0.05, 0.1) is 0 Å². The quantitative estimate of drug-likeness (QED) is 0.897. The third kappa shape index (κ3) is 5.04. The number of rotatable bonds is 5. The SMILES string of the molecule is CC(C)CC1CN(CCc2cc(F)cc(F)c2)C(C)CN1. The number of nitrogens with one attached hydrogen (secondary N) is 1. The van der Waals surface area contributed by atoms with Gasteiger partial charge in [0.25, 0.3) is 0 Å². The molecule has 0 amide bonds. The summed E-state index contributed by atoms with van der Waals surface area (Å²) < 4.78 is 26.4. The van der Waals surface area contributed by atoms with Crippen molar-refractivity contribution in [3.05, 3.63) is 35.4 Å². The maximum atomic E-state index is 13.2. The summed E-state index contributed by atoms with van der Waals surface area (Å²) in [5.41, 5.74) is 0.735. The van der Waals surface area contributed by atoms with Crippen molar-refractivity contribution in [1.82, 2.24) is 10.2 Å². The van der Waals surface area contributed by atoms with Crippen LogP contribution in [0.2, 0.25) is 0 Å². The van der Waals surface area contributed by atoms with Crippen molar-refractivity contribution >= 4 is 0 Å². The van der Waals surface area contributed by atoms with E-state index in [1.54, 1.807) is 0 Å². The van der Waals surface area contributed by atoms with E-state index in [1.807, 2.05) is 0 Å². The van der Waals surface area contributed by atoms with Gasteiger partial charge in [0, 0.05) is 37.8 Å². The lowest BCUT2D eigenvalue weighted by molar-refractivity contribution is 0.133. The molecule has 1 N–H and O–H groups in total. The first-order valence-electron chi connectivity index (χ1n) is 7.86. The molecular formula is C17H26F2N2. The van der Waals surface area contributed by atoms with E-state index in [4.69, 9.17) is 0 Å². The van der Waals surface area contributed by atoms with Gasteiger partial charge in [-0.2, -0.15) is 0 Å². The monoisotopic (exact) mass is 296 g/mol. The van der Waals surface area contributed by atoms with Gasteiger partial charge in [0.1, 0.15) is 11.6 Å². The van der Waals surface area contributed by atoms with Crippen molar-refractivity contribution in [2.75, 3.05) is 19.6 Å². The van der Waals surface area contributed by atoms with E-state index in [1.165, 1.54) is 12.1 Å². The molecule has 0 spiro atoms. The number of hydrogen-bond donors (Lipinski definition) is 1. The molecule has 118 valence electrons. The Morgan fingerprint density at radius 3 is 2.52 bits per heavy atom. The molecule has 1 saturated heterocycles. The van der Waals surface area contributed by atoms with E-state index in [-0.39, 0.29) is 0 Å². The normalized spacial score (nSPS) is 23.7. The van der Waals surface area contributed by atoms with Crippen molar-refractivity contribution in [2.24, 2.45) is 5.92 Å². The smallest absolute Gasteiger partial charge is 0.126 e. The highest BCUT2D eigenvalue weighted by molar-refractivity contribution is 5.18. The third-order valence-electron chi connectivity index (χ3n) is 4.15. The maximum Gasteiger partial charge on any atom is 0.126 e. The standard InChI is InChI=1S/C17H26F2N2/c1-12(2)6-17-11-21(13(3)10-20-17)5-4-14-7-15(18)9-16(19)8-14/h7-9,12-13,17,20H,4-6,10-11H2,1-3H3. The molecule has 1 heterocycles. The Morgan fingerprint density at radius 1 is 1.24 bits per heavy atom. The Bertz CT molecular complexity index is 442. The van der Waals surface area contributed by atoms with Crippen LogP contribution in [-0.4, -0.2) is 36.6 Å². The summed E-state index contributed by atoms with van der Waals surface area (Å²) in [4.78, 5) is 2.42. The van der Waals surface area contributed by atoms with E-state index in [0.29, 0.717) is 24.4 Å². The Balaban J connectivity index is 1.91. The number of nitrogens with zero attached hydrogens (tertiary/aromatic N) is 1. The van der Waals surface area contributed by atoms with E-state index < -0.39 is 11.6 Å². The van der Waals surface area contributed by atoms with Crippen LogP contribution in [0.3, 0.4) is 0 Å². The van der Waals surface area contributed by atoms with Gasteiger partial charge in [-0.1, -0.05) is 13.8 Å². The summed E-state index contributed by atoms with van der Waals surface area (Å²) in [6.07, 6.45) is 1.85. The molecule has 0 aromatic heterocycles. The van der Waals surface area contributed by atoms with Gasteiger partial charge in [0.15, 0.2) is 0 Å². The van der Waals surface area contributed by atoms with Crippen LogP contribution in [0.1, 0.15) is 32.8 Å². The molecule has 0 bridgehead atoms. The molecule has 0 saturated carbocycles. The minimum absolute atomic E-state index is 0.465. The van der Waals surface area contributed by atoms with Gasteiger partial charge in [-0.25, -0.2) is 8.78 Å². The summed E-state index contributed by atoms with van der Waals surface area (Å²) >= 11 is 0. The first kappa shape index (κ1) is 16.4. The fourth-order valence-corrected chi connectivity index (χ4v) is 3.06. The number of hydrogen-bond acceptors (Lipinski definition) is 2. The molecule has 4 heteroatoms. The average molecular weight is 296 g/mol. The van der Waals surface area contributed by atoms with E-state index in [0.717, 1.165) is 37.7 Å². The molecule has 1 aromatic rings. The summed E-state index contributed by atoms with van der Waals surface area (Å²) in [6, 6.07) is 4.77. The van der Waals surface area contributed by atoms with Crippen molar-refractivity contribution in [2.45, 2.75) is 45.7 Å². The van der Waals surface area contributed by atoms with E-state index >= 15 is 0 Å². The van der Waals surface area contributed by atoms with Gasteiger partial charge in [0.2, 0.25) is 0 Å². The van der Waals surface area contributed by atoms with E-state index in [2.05, 4.69) is 31.0 Å². The summed E-state index contributed by atoms with van der Waals surface area (Å²) in [7, 11) is 0. The van der Waals surface area contributed by atoms with Crippen LogP contribution in [0.5, 0.6) is 0 Å². The second kappa shape index (κ2) is 7.32. The topological polar surface area (TPSA) is 15.3 Å². The third-order valence-corrected chi connectivity index (χ3v) is 4.15. The zero-order chi connectivity index (χ0) is 15.4. The van der Waals surface area contributed by atoms with Crippen LogP contribution in [-0.2, 0) is 6.42 Å². The minimum Gasteiger partial charge on any atom is -0.311 e. The first-order chi connectivity index (χ1) is 9.94. The predicted octanol–water partition coefficient (Wildman–Crippen LogP) is 3.22. The molecule has 2 atom stereocenters. The minimum atomic E-state index is -0.490. The van der Waals surface area contributed by atoms with Crippen molar-refractivity contribution in [1.29, 1.82) is 0 Å². The highest BCUT2D eigenvalue weighted by Gasteiger charge is 2.24. The number of benzene rings is 1. The Hall–Kier alpha value is -1.00. The first-order valence-corrected chi connectivity index (χ1v) is 7.86. The molecular weight excluding hydrogens is 270 g/mol. The van der Waals surface area contributed by atoms with Crippen LogP contribution >= 0.6 is 0 Å². The summed E-state index contributed by atoms with van der Waals surface area (Å²) in [6.45, 7) is 9.51. The number of piperazine rings is 1. The van der Waals surface area contributed by atoms with Gasteiger partial charge in [-0.15, -0.1) is 0 Å². The Morgan fingerprint density at radius 2 is 1.90 bits per heavy atom. The molecule has 21 heavy (non-hydrogen) atoms. The van der Waals surface area contributed by atoms with Gasteiger partial charge in [-0.3, -0.25) is 4.90 Å². The lowest BCUT2D eigenvalue weighted by Crippen LogP contribution is -2.56. The van der Waals surface area contributed by atoms with Crippen LogP contribution in [0.15, 0.2) is 18.2 Å². The molecule has 1 fully saturated rings. The Kier molecular flexibility index (Phi) is 5.71. The van der Waals surface area contributed by atoms with Crippen LogP contribution < -0.4 is 5.32 Å². The maximum absolute atomic E-state index is 13.2. The average Bonchev–Trinajstić information content (AvgIpc) is 2.37. The molecule has 1 aliphatic rings. The zero-order valence-corrected chi connectivity index (χ0v) is 13.2. The molecule has 0 radical (unpaired) electrons. The highest BCUT2D eigenvalue weighted by Crippen LogP contribution is 2.15. The van der Waals surface area contributed by atoms with Crippen LogP contribution in [0.4, 0.5) is 8.78 Å². The lowest BCUT2D eigenvalue weighted by atomic mass is 9.99. The van der Waals surface area contributed by atoms with Crippen molar-refractivity contribution in [3.63, 3.8) is 0 Å². The van der Waals surface area contributed by atoms with Crippen LogP contribution in [0, 0.1) is 17.6 Å². The lowest BCUT2D eigenvalue weighted by Gasteiger charge is -2.39. The van der Waals surface area contributed by atoms with Gasteiger partial charge in [-0.05, 0) is 43.4 Å². The largest absolute Gasteiger partial charge is 0.311 e. The van der Waals surface area contributed by atoms with Crippen molar-refractivity contribution < 1.29 is 8.78 Å². The van der Waals surface area contributed by atoms with Crippen LogP contribution in [0.25, 0.3) is 0 Å². The molecule has 1 aliphatic heterocycles. The van der Waals surface area contributed by atoms with Crippen molar-refractivity contribution in [3.8, 4) is 0 Å². The Labute approximate surface area is 126 Å². The van der Waals surface area contributed by atoms with Gasteiger partial charge < -0.3 is 5.32 Å². The molecule has 2 rings (SSSR count). The highest BCUT2D eigenvalue weighted by atomic mass is 19.1. The van der Waals surface area contributed by atoms with E-state index in [9.17, 15) is 8.78 Å².